The number of aromatic hydroxyl groups is 1. The van der Waals surface area contributed by atoms with Gasteiger partial charge >= 0.3 is 11.5 Å². The van der Waals surface area contributed by atoms with Crippen molar-refractivity contribution in [3.63, 3.8) is 0 Å². The lowest BCUT2D eigenvalue weighted by Gasteiger charge is -2.14. The molecule has 2 N–H and O–H groups in total. The fraction of sp³-hybridized carbons (Fsp3) is 0.176. The first-order valence-electron chi connectivity index (χ1n) is 7.56. The Labute approximate surface area is 141 Å². The van der Waals surface area contributed by atoms with Crippen LogP contribution in [0.5, 0.6) is 5.75 Å². The summed E-state index contributed by atoms with van der Waals surface area (Å²) in [4.78, 5) is 37.5. The molecule has 0 saturated heterocycles. The number of hydrogen-bond donors (Lipinski definition) is 2. The summed E-state index contributed by atoms with van der Waals surface area (Å²) in [7, 11) is 0. The molecule has 2 heterocycles. The molecule has 8 heteroatoms. The van der Waals surface area contributed by atoms with Crippen LogP contribution in [-0.2, 0) is 13.0 Å². The van der Waals surface area contributed by atoms with Crippen LogP contribution in [0, 0.1) is 0 Å². The lowest BCUT2D eigenvalue weighted by molar-refractivity contribution is 0.0672. The van der Waals surface area contributed by atoms with Crippen molar-refractivity contribution in [1.82, 2.24) is 14.7 Å². The number of nitrogens with zero attached hydrogens (tertiary/aromatic N) is 3. The predicted octanol–water partition coefficient (Wildman–Crippen LogP) is 1.39. The van der Waals surface area contributed by atoms with Crippen molar-refractivity contribution in [2.24, 2.45) is 0 Å². The van der Waals surface area contributed by atoms with Gasteiger partial charge < -0.3 is 15.1 Å². The van der Waals surface area contributed by atoms with Gasteiger partial charge in [0, 0.05) is 0 Å². The van der Waals surface area contributed by atoms with E-state index in [1.54, 1.807) is 19.1 Å². The predicted molar refractivity (Wildman–Crippen MR) is 88.5 cm³/mol. The Morgan fingerprint density at radius 3 is 2.60 bits per heavy atom. The first-order chi connectivity index (χ1) is 12.0. The number of carboxylic acid groups (broad SMARTS) is 1. The molecule has 3 aromatic rings. The molecule has 0 radical (unpaired) electrons. The van der Waals surface area contributed by atoms with Crippen LogP contribution < -0.4 is 10.4 Å². The zero-order chi connectivity index (χ0) is 18.0. The number of carbonyl (C=O) groups is 1. The summed E-state index contributed by atoms with van der Waals surface area (Å²) in [6.07, 6.45) is 1.66. The van der Waals surface area contributed by atoms with Gasteiger partial charge in [-0.15, -0.1) is 4.73 Å². The number of aromatic carboxylic acids is 1. The molecular weight excluding hydrogens is 326 g/mol. The highest BCUT2D eigenvalue weighted by atomic mass is 16.7. The van der Waals surface area contributed by atoms with Gasteiger partial charge in [-0.05, 0) is 12.0 Å². The van der Waals surface area contributed by atoms with Crippen LogP contribution in [0.4, 0.5) is 0 Å². The minimum Gasteiger partial charge on any atom is -0.506 e. The molecule has 0 unspecified atom stereocenters. The Morgan fingerprint density at radius 2 is 1.96 bits per heavy atom. The summed E-state index contributed by atoms with van der Waals surface area (Å²) in [6, 6.07) is 9.08. The summed E-state index contributed by atoms with van der Waals surface area (Å²) in [5.74, 6) is -2.20. The third-order valence-corrected chi connectivity index (χ3v) is 3.72. The zero-order valence-electron chi connectivity index (χ0n) is 13.3. The van der Waals surface area contributed by atoms with E-state index in [0.29, 0.717) is 12.1 Å². The van der Waals surface area contributed by atoms with Crippen LogP contribution in [0.3, 0.4) is 0 Å². The van der Waals surface area contributed by atoms with Crippen LogP contribution in [0.1, 0.15) is 28.5 Å². The molecule has 3 rings (SSSR count). The molecule has 0 aliphatic heterocycles. The first-order valence-corrected chi connectivity index (χ1v) is 7.56. The highest BCUT2D eigenvalue weighted by molar-refractivity contribution is 5.98. The third-order valence-electron chi connectivity index (χ3n) is 3.72. The number of benzene rings is 1. The lowest BCUT2D eigenvalue weighted by atomic mass is 10.1. The van der Waals surface area contributed by atoms with Crippen molar-refractivity contribution in [3.05, 3.63) is 63.8 Å². The minimum absolute atomic E-state index is 0.0234. The van der Waals surface area contributed by atoms with Gasteiger partial charge in [-0.1, -0.05) is 37.3 Å². The highest BCUT2D eigenvalue weighted by Crippen LogP contribution is 2.27. The molecule has 0 aliphatic rings. The van der Waals surface area contributed by atoms with E-state index < -0.39 is 22.8 Å². The largest absolute Gasteiger partial charge is 0.506 e. The molecule has 0 bridgehead atoms. The Kier molecular flexibility index (Phi) is 4.34. The van der Waals surface area contributed by atoms with Crippen LogP contribution in [0.25, 0.3) is 11.0 Å². The van der Waals surface area contributed by atoms with Gasteiger partial charge in [0.1, 0.15) is 18.7 Å². The maximum atomic E-state index is 12.5. The van der Waals surface area contributed by atoms with Gasteiger partial charge in [0.05, 0.1) is 11.1 Å². The van der Waals surface area contributed by atoms with Gasteiger partial charge in [0.2, 0.25) is 0 Å². The van der Waals surface area contributed by atoms with Crippen LogP contribution >= 0.6 is 0 Å². The van der Waals surface area contributed by atoms with E-state index in [2.05, 4.69) is 9.97 Å². The summed E-state index contributed by atoms with van der Waals surface area (Å²) in [5.41, 5.74) is -0.533. The summed E-state index contributed by atoms with van der Waals surface area (Å²) in [5, 5.41) is 19.7. The molecule has 0 atom stereocenters. The van der Waals surface area contributed by atoms with Gasteiger partial charge in [-0.25, -0.2) is 14.8 Å². The lowest BCUT2D eigenvalue weighted by Crippen LogP contribution is -2.32. The van der Waals surface area contributed by atoms with Crippen molar-refractivity contribution in [2.45, 2.75) is 20.0 Å². The van der Waals surface area contributed by atoms with Crippen molar-refractivity contribution in [3.8, 4) is 5.75 Å². The first kappa shape index (κ1) is 16.4. The fourth-order valence-electron chi connectivity index (χ4n) is 2.53. The van der Waals surface area contributed by atoms with E-state index in [1.165, 1.54) is 6.33 Å². The molecule has 0 fully saturated rings. The molecule has 2 aromatic heterocycles. The number of aromatic nitrogens is 3. The fourth-order valence-corrected chi connectivity index (χ4v) is 2.53. The van der Waals surface area contributed by atoms with Gasteiger partial charge in [0.15, 0.2) is 11.2 Å². The molecule has 0 saturated carbocycles. The maximum Gasteiger partial charge on any atom is 0.345 e. The Balaban J connectivity index is 2.22. The maximum absolute atomic E-state index is 12.5. The summed E-state index contributed by atoms with van der Waals surface area (Å²) in [6.45, 7) is 1.83. The minimum atomic E-state index is -1.55. The van der Waals surface area contributed by atoms with Crippen molar-refractivity contribution in [1.29, 1.82) is 0 Å². The van der Waals surface area contributed by atoms with Crippen molar-refractivity contribution >= 4 is 17.0 Å². The average Bonchev–Trinajstić information content (AvgIpc) is 2.61. The van der Waals surface area contributed by atoms with Gasteiger partial charge in [-0.2, -0.15) is 0 Å². The number of rotatable bonds is 5. The van der Waals surface area contributed by atoms with Crippen LogP contribution in [-0.4, -0.2) is 30.9 Å². The zero-order valence-corrected chi connectivity index (χ0v) is 13.3. The molecule has 1 aromatic carbocycles. The SMILES string of the molecule is CCc1ncnc2c1c(O)c(C(=O)O)c(=O)n2OCc1ccccc1. The van der Waals surface area contributed by atoms with E-state index in [4.69, 9.17) is 4.84 Å². The van der Waals surface area contributed by atoms with E-state index in [-0.39, 0.29) is 17.6 Å². The number of aryl methyl sites for hydroxylation is 1. The van der Waals surface area contributed by atoms with E-state index >= 15 is 0 Å². The van der Waals surface area contributed by atoms with Crippen molar-refractivity contribution in [2.75, 3.05) is 0 Å². The number of pyridine rings is 1. The van der Waals surface area contributed by atoms with Crippen LogP contribution in [0.2, 0.25) is 0 Å². The summed E-state index contributed by atoms with van der Waals surface area (Å²) >= 11 is 0. The van der Waals surface area contributed by atoms with Gasteiger partial charge in [-0.3, -0.25) is 4.79 Å². The number of fused-ring (bicyclic) bond motifs is 1. The van der Waals surface area contributed by atoms with E-state index in [1.807, 2.05) is 18.2 Å². The van der Waals surface area contributed by atoms with Crippen LogP contribution in [0.15, 0.2) is 41.5 Å². The quantitative estimate of drug-likeness (QED) is 0.720. The molecule has 0 spiro atoms. The number of hydrogen-bond acceptors (Lipinski definition) is 6. The summed E-state index contributed by atoms with van der Waals surface area (Å²) < 4.78 is 0.798. The molecular formula is C17H15N3O5. The van der Waals surface area contributed by atoms with Crippen molar-refractivity contribution < 1.29 is 19.8 Å². The topological polar surface area (TPSA) is 115 Å². The Hall–Kier alpha value is -3.42. The third kappa shape index (κ3) is 2.89. The highest BCUT2D eigenvalue weighted by Gasteiger charge is 2.25. The average molecular weight is 341 g/mol. The second-order valence-corrected chi connectivity index (χ2v) is 5.26. The smallest absolute Gasteiger partial charge is 0.345 e. The molecule has 128 valence electrons. The Bertz CT molecular complexity index is 999. The molecule has 25 heavy (non-hydrogen) atoms. The number of carboxylic acids is 1. The second kappa shape index (κ2) is 6.60. The molecule has 0 amide bonds. The molecule has 8 nitrogen and oxygen atoms in total. The second-order valence-electron chi connectivity index (χ2n) is 5.26. The van der Waals surface area contributed by atoms with Gasteiger partial charge in [0.25, 0.3) is 0 Å². The Morgan fingerprint density at radius 1 is 1.24 bits per heavy atom. The van der Waals surface area contributed by atoms with E-state index in [0.717, 1.165) is 10.3 Å². The monoisotopic (exact) mass is 341 g/mol. The molecule has 0 aliphatic carbocycles. The standard InChI is InChI=1S/C17H15N3O5/c1-2-11-12-14(21)13(17(23)24)16(22)20(15(12)19-9-18-11)25-8-10-6-4-3-5-7-10/h3-7,9,21H,2,8H2,1H3,(H,23,24). The van der Waals surface area contributed by atoms with E-state index in [9.17, 15) is 19.8 Å². The normalized spacial score (nSPS) is 10.8.